The topological polar surface area (TPSA) is 21.7 Å². The van der Waals surface area contributed by atoms with E-state index in [1.807, 2.05) is 0 Å². The summed E-state index contributed by atoms with van der Waals surface area (Å²) in [6.07, 6.45) is 0.910. The highest BCUT2D eigenvalue weighted by Crippen LogP contribution is 2.43. The first kappa shape index (κ1) is 22.2. The van der Waals surface area contributed by atoms with E-state index in [1.54, 1.807) is 7.11 Å². The largest absolute Gasteiger partial charge is 0.497 e. The minimum atomic E-state index is 0.709. The molecule has 0 amide bonds. The van der Waals surface area contributed by atoms with Gasteiger partial charge < -0.3 is 14.4 Å². The predicted molar refractivity (Wildman–Crippen MR) is 134 cm³/mol. The molecule has 0 spiro atoms. The lowest BCUT2D eigenvalue weighted by molar-refractivity contribution is 0.223. The fourth-order valence-electron chi connectivity index (χ4n) is 4.41. The normalized spacial score (nSPS) is 12.9. The average molecular weight is 428 g/mol. The van der Waals surface area contributed by atoms with Crippen LogP contribution in [0.25, 0.3) is 11.1 Å². The van der Waals surface area contributed by atoms with Crippen LogP contribution in [0.5, 0.6) is 11.5 Å². The molecule has 3 heteroatoms. The van der Waals surface area contributed by atoms with E-state index in [1.165, 1.54) is 39.0 Å². The Balaban J connectivity index is 1.63. The molecule has 1 aliphatic rings. The Morgan fingerprint density at radius 3 is 2.12 bits per heavy atom. The van der Waals surface area contributed by atoms with Crippen LogP contribution in [0.2, 0.25) is 0 Å². The number of benzene rings is 3. The lowest BCUT2D eigenvalue weighted by Gasteiger charge is -2.18. The lowest BCUT2D eigenvalue weighted by Crippen LogP contribution is -2.27. The second-order valence-corrected chi connectivity index (χ2v) is 8.32. The number of hydrogen-bond acceptors (Lipinski definition) is 3. The molecule has 0 unspecified atom stereocenters. The molecule has 0 heterocycles. The van der Waals surface area contributed by atoms with Crippen molar-refractivity contribution in [2.75, 3.05) is 33.4 Å². The second-order valence-electron chi connectivity index (χ2n) is 8.32. The maximum atomic E-state index is 6.01. The Labute approximate surface area is 192 Å². The highest BCUT2D eigenvalue weighted by atomic mass is 16.5. The Morgan fingerprint density at radius 2 is 1.47 bits per heavy atom. The van der Waals surface area contributed by atoms with E-state index in [4.69, 9.17) is 9.47 Å². The Kier molecular flexibility index (Phi) is 6.96. The molecule has 0 radical (unpaired) electrons. The molecule has 0 aliphatic heterocycles. The van der Waals surface area contributed by atoms with Gasteiger partial charge in [-0.05, 0) is 84.1 Å². The molecule has 3 nitrogen and oxygen atoms in total. The van der Waals surface area contributed by atoms with Gasteiger partial charge in [0.05, 0.1) is 7.11 Å². The number of aryl methyl sites for hydroxylation is 1. The van der Waals surface area contributed by atoms with Crippen molar-refractivity contribution in [3.63, 3.8) is 0 Å². The van der Waals surface area contributed by atoms with Gasteiger partial charge in [-0.1, -0.05) is 61.9 Å². The van der Waals surface area contributed by atoms with Crippen molar-refractivity contribution in [2.24, 2.45) is 0 Å². The third-order valence-corrected chi connectivity index (χ3v) is 6.36. The number of rotatable bonds is 9. The molecule has 0 N–H and O–H groups in total. The standard InChI is InChI=1S/C29H33NO2/c1-5-30(6-2)17-18-32-25-13-11-23(12-14-25)29-27-16-15-26(31-4)19-24(27)20-28(29)22-9-7-21(3)8-10-22/h7-16,19H,5-6,17-18,20H2,1-4H3. The number of allylic oxidation sites excluding steroid dienone is 1. The van der Waals surface area contributed by atoms with Gasteiger partial charge >= 0.3 is 0 Å². The average Bonchev–Trinajstić information content (AvgIpc) is 3.21. The quantitative estimate of drug-likeness (QED) is 0.403. The molecule has 3 aromatic carbocycles. The molecule has 32 heavy (non-hydrogen) atoms. The van der Waals surface area contributed by atoms with Gasteiger partial charge in [0, 0.05) is 6.54 Å². The lowest BCUT2D eigenvalue weighted by atomic mass is 9.94. The minimum Gasteiger partial charge on any atom is -0.497 e. The molecule has 0 saturated carbocycles. The molecule has 0 saturated heterocycles. The van der Waals surface area contributed by atoms with Crippen LogP contribution in [0.4, 0.5) is 0 Å². The minimum absolute atomic E-state index is 0.709. The van der Waals surface area contributed by atoms with Crippen LogP contribution in [-0.4, -0.2) is 38.3 Å². The smallest absolute Gasteiger partial charge is 0.119 e. The van der Waals surface area contributed by atoms with E-state index in [-0.39, 0.29) is 0 Å². The fraction of sp³-hybridized carbons (Fsp3) is 0.310. The molecule has 0 aromatic heterocycles. The van der Waals surface area contributed by atoms with E-state index >= 15 is 0 Å². The molecular weight excluding hydrogens is 394 g/mol. The summed E-state index contributed by atoms with van der Waals surface area (Å²) in [5.74, 6) is 1.83. The highest BCUT2D eigenvalue weighted by molar-refractivity contribution is 6.03. The molecule has 0 atom stereocenters. The number of ether oxygens (including phenoxy) is 2. The summed E-state index contributed by atoms with van der Waals surface area (Å²) in [5, 5.41) is 0. The summed E-state index contributed by atoms with van der Waals surface area (Å²) >= 11 is 0. The van der Waals surface area contributed by atoms with Crippen molar-refractivity contribution >= 4 is 11.1 Å². The highest BCUT2D eigenvalue weighted by Gasteiger charge is 2.24. The van der Waals surface area contributed by atoms with Crippen molar-refractivity contribution in [1.82, 2.24) is 4.90 Å². The maximum Gasteiger partial charge on any atom is 0.119 e. The zero-order valence-electron chi connectivity index (χ0n) is 19.7. The van der Waals surface area contributed by atoms with Gasteiger partial charge in [-0.3, -0.25) is 0 Å². The van der Waals surface area contributed by atoms with Crippen molar-refractivity contribution in [2.45, 2.75) is 27.2 Å². The first-order valence-electron chi connectivity index (χ1n) is 11.6. The third kappa shape index (κ3) is 4.73. The van der Waals surface area contributed by atoms with Crippen molar-refractivity contribution < 1.29 is 9.47 Å². The van der Waals surface area contributed by atoms with E-state index in [2.05, 4.69) is 92.4 Å². The molecule has 0 bridgehead atoms. The van der Waals surface area contributed by atoms with Crippen LogP contribution in [0.1, 0.15) is 41.7 Å². The monoisotopic (exact) mass is 427 g/mol. The van der Waals surface area contributed by atoms with Gasteiger partial charge in [0.15, 0.2) is 0 Å². The zero-order valence-corrected chi connectivity index (χ0v) is 19.7. The van der Waals surface area contributed by atoms with Gasteiger partial charge in [0.1, 0.15) is 18.1 Å². The third-order valence-electron chi connectivity index (χ3n) is 6.36. The summed E-state index contributed by atoms with van der Waals surface area (Å²) in [4.78, 5) is 2.37. The van der Waals surface area contributed by atoms with Crippen LogP contribution in [-0.2, 0) is 6.42 Å². The van der Waals surface area contributed by atoms with Crippen LogP contribution in [0.15, 0.2) is 66.7 Å². The summed E-state index contributed by atoms with van der Waals surface area (Å²) in [5.41, 5.74) is 9.05. The molecular formula is C29H33NO2. The maximum absolute atomic E-state index is 6.01. The summed E-state index contributed by atoms with van der Waals surface area (Å²) < 4.78 is 11.5. The first-order chi connectivity index (χ1) is 15.6. The molecule has 3 aromatic rings. The van der Waals surface area contributed by atoms with E-state index in [0.717, 1.165) is 37.6 Å². The van der Waals surface area contributed by atoms with Crippen molar-refractivity contribution in [3.05, 3.63) is 94.5 Å². The first-order valence-corrected chi connectivity index (χ1v) is 11.6. The Hall–Kier alpha value is -3.04. The Morgan fingerprint density at radius 1 is 0.812 bits per heavy atom. The van der Waals surface area contributed by atoms with Crippen LogP contribution in [0, 0.1) is 6.92 Å². The Bertz CT molecular complexity index is 1080. The number of nitrogens with zero attached hydrogens (tertiary/aromatic N) is 1. The number of methoxy groups -OCH3 is 1. The molecule has 4 rings (SSSR count). The van der Waals surface area contributed by atoms with E-state index in [0.29, 0.717) is 6.61 Å². The van der Waals surface area contributed by atoms with Crippen molar-refractivity contribution in [1.29, 1.82) is 0 Å². The summed E-state index contributed by atoms with van der Waals surface area (Å²) in [6, 6.07) is 23.8. The summed E-state index contributed by atoms with van der Waals surface area (Å²) in [7, 11) is 1.73. The van der Waals surface area contributed by atoms with E-state index < -0.39 is 0 Å². The second kappa shape index (κ2) is 10.1. The van der Waals surface area contributed by atoms with Crippen LogP contribution in [0.3, 0.4) is 0 Å². The van der Waals surface area contributed by atoms with Gasteiger partial charge in [-0.25, -0.2) is 0 Å². The molecule has 166 valence electrons. The molecule has 1 aliphatic carbocycles. The van der Waals surface area contributed by atoms with Crippen LogP contribution < -0.4 is 9.47 Å². The SMILES string of the molecule is CCN(CC)CCOc1ccc(C2=C(c3ccc(C)cc3)Cc3cc(OC)ccc32)cc1. The zero-order chi connectivity index (χ0) is 22.5. The van der Waals surface area contributed by atoms with Gasteiger partial charge in [-0.2, -0.15) is 0 Å². The molecule has 0 fully saturated rings. The summed E-state index contributed by atoms with van der Waals surface area (Å²) in [6.45, 7) is 10.3. The number of fused-ring (bicyclic) bond motifs is 1. The van der Waals surface area contributed by atoms with Crippen molar-refractivity contribution in [3.8, 4) is 11.5 Å². The van der Waals surface area contributed by atoms with Gasteiger partial charge in [-0.15, -0.1) is 0 Å². The fourth-order valence-corrected chi connectivity index (χ4v) is 4.41. The van der Waals surface area contributed by atoms with Crippen LogP contribution >= 0.6 is 0 Å². The number of hydrogen-bond donors (Lipinski definition) is 0. The van der Waals surface area contributed by atoms with E-state index in [9.17, 15) is 0 Å². The van der Waals surface area contributed by atoms with Gasteiger partial charge in [0.25, 0.3) is 0 Å². The van der Waals surface area contributed by atoms with Gasteiger partial charge in [0.2, 0.25) is 0 Å². The number of likely N-dealkylation sites (N-methyl/N-ethyl adjacent to an activating group) is 1. The predicted octanol–water partition coefficient (Wildman–Crippen LogP) is 6.24.